The van der Waals surface area contributed by atoms with Crippen LogP contribution in [0, 0.1) is 6.92 Å². The zero-order valence-corrected chi connectivity index (χ0v) is 17.6. The first-order valence-electron chi connectivity index (χ1n) is 9.82. The zero-order chi connectivity index (χ0) is 20.0. The number of nitrogens with zero attached hydrogens (tertiary/aromatic N) is 7. The lowest BCUT2D eigenvalue weighted by Gasteiger charge is -2.35. The Morgan fingerprint density at radius 2 is 1.90 bits per heavy atom. The summed E-state index contributed by atoms with van der Waals surface area (Å²) in [5, 5.41) is 9.72. The fourth-order valence-electron chi connectivity index (χ4n) is 3.83. The minimum atomic E-state index is 0.832. The number of thiazole rings is 1. The Balaban J connectivity index is 1.39. The summed E-state index contributed by atoms with van der Waals surface area (Å²) in [5.74, 6) is 2.70. The summed E-state index contributed by atoms with van der Waals surface area (Å²) in [6, 6.07) is 4.09. The van der Waals surface area contributed by atoms with E-state index < -0.39 is 0 Å². The number of rotatable bonds is 4. The van der Waals surface area contributed by atoms with Crippen LogP contribution in [0.4, 0.5) is 10.9 Å². The number of piperazine rings is 1. The average Bonchev–Trinajstić information content (AvgIpc) is 3.39. The molecule has 0 saturated carbocycles. The fraction of sp³-hybridized carbons (Fsp3) is 0.400. The highest BCUT2D eigenvalue weighted by Crippen LogP contribution is 2.36. The molecule has 0 amide bonds. The van der Waals surface area contributed by atoms with Crippen LogP contribution in [0.2, 0.25) is 0 Å². The van der Waals surface area contributed by atoms with E-state index in [-0.39, 0.29) is 0 Å². The van der Waals surface area contributed by atoms with Crippen molar-refractivity contribution in [3.63, 3.8) is 0 Å². The third kappa shape index (κ3) is 2.96. The number of aromatic nitrogens is 5. The van der Waals surface area contributed by atoms with Gasteiger partial charge in [0, 0.05) is 45.0 Å². The molecule has 0 aliphatic carbocycles. The predicted molar refractivity (Wildman–Crippen MR) is 115 cm³/mol. The van der Waals surface area contributed by atoms with Crippen LogP contribution in [0.15, 0.2) is 24.5 Å². The second-order valence-corrected chi connectivity index (χ2v) is 8.12. The van der Waals surface area contributed by atoms with Gasteiger partial charge >= 0.3 is 0 Å². The molecule has 0 radical (unpaired) electrons. The lowest BCUT2D eigenvalue weighted by molar-refractivity contribution is 0.419. The molecule has 4 aromatic rings. The van der Waals surface area contributed by atoms with Crippen LogP contribution in [-0.4, -0.2) is 57.9 Å². The molecule has 150 valence electrons. The maximum absolute atomic E-state index is 5.50. The van der Waals surface area contributed by atoms with Crippen LogP contribution in [0.25, 0.3) is 15.9 Å². The Hall–Kier alpha value is -2.94. The summed E-state index contributed by atoms with van der Waals surface area (Å²) in [6.07, 6.45) is 4.61. The van der Waals surface area contributed by atoms with E-state index in [0.717, 1.165) is 66.3 Å². The Morgan fingerprint density at radius 3 is 2.66 bits per heavy atom. The average molecular weight is 410 g/mol. The summed E-state index contributed by atoms with van der Waals surface area (Å²) in [6.45, 7) is 7.72. The van der Waals surface area contributed by atoms with Crippen LogP contribution in [0.5, 0.6) is 5.75 Å². The minimum absolute atomic E-state index is 0.832. The topological polar surface area (TPSA) is 71.7 Å². The molecule has 1 aliphatic rings. The van der Waals surface area contributed by atoms with E-state index in [1.54, 1.807) is 18.4 Å². The number of ether oxygens (including phenoxy) is 1. The minimum Gasteiger partial charge on any atom is -0.494 e. The number of hydrogen-bond acceptors (Lipinski definition) is 8. The lowest BCUT2D eigenvalue weighted by Crippen LogP contribution is -2.47. The highest BCUT2D eigenvalue weighted by Gasteiger charge is 2.24. The molecule has 8 nitrogen and oxygen atoms in total. The lowest BCUT2D eigenvalue weighted by atomic mass is 10.2. The van der Waals surface area contributed by atoms with Gasteiger partial charge in [-0.25, -0.2) is 9.97 Å². The van der Waals surface area contributed by atoms with E-state index in [2.05, 4.69) is 44.9 Å². The maximum atomic E-state index is 5.50. The van der Waals surface area contributed by atoms with E-state index >= 15 is 0 Å². The molecule has 9 heteroatoms. The molecule has 0 bridgehead atoms. The van der Waals surface area contributed by atoms with Crippen molar-refractivity contribution < 1.29 is 4.74 Å². The Labute approximate surface area is 172 Å². The number of benzene rings is 1. The van der Waals surface area contributed by atoms with Gasteiger partial charge in [-0.05, 0) is 18.6 Å². The van der Waals surface area contributed by atoms with Gasteiger partial charge in [0.25, 0.3) is 0 Å². The Kier molecular flexibility index (Phi) is 4.46. The molecule has 0 atom stereocenters. The van der Waals surface area contributed by atoms with Crippen LogP contribution < -0.4 is 14.5 Å². The number of fused-ring (bicyclic) bond motifs is 2. The van der Waals surface area contributed by atoms with E-state index in [1.807, 2.05) is 22.9 Å². The van der Waals surface area contributed by atoms with Gasteiger partial charge in [0.2, 0.25) is 5.65 Å². The van der Waals surface area contributed by atoms with E-state index in [1.165, 1.54) is 10.3 Å². The summed E-state index contributed by atoms with van der Waals surface area (Å²) in [5.41, 5.74) is 3.02. The molecule has 1 fully saturated rings. The summed E-state index contributed by atoms with van der Waals surface area (Å²) in [7, 11) is 1.70. The van der Waals surface area contributed by atoms with Crippen molar-refractivity contribution >= 4 is 38.2 Å². The van der Waals surface area contributed by atoms with Gasteiger partial charge in [0.15, 0.2) is 10.9 Å². The third-order valence-electron chi connectivity index (χ3n) is 5.46. The first-order valence-corrected chi connectivity index (χ1v) is 10.6. The Morgan fingerprint density at radius 1 is 1.10 bits per heavy atom. The summed E-state index contributed by atoms with van der Waals surface area (Å²) >= 11 is 1.74. The first kappa shape index (κ1) is 18.1. The summed E-state index contributed by atoms with van der Waals surface area (Å²) < 4.78 is 8.74. The van der Waals surface area contributed by atoms with Gasteiger partial charge in [-0.2, -0.15) is 0 Å². The van der Waals surface area contributed by atoms with Crippen molar-refractivity contribution in [2.24, 2.45) is 0 Å². The van der Waals surface area contributed by atoms with Crippen LogP contribution in [0.1, 0.15) is 18.3 Å². The van der Waals surface area contributed by atoms with Crippen molar-refractivity contribution in [3.05, 3.63) is 35.9 Å². The molecule has 1 aliphatic heterocycles. The van der Waals surface area contributed by atoms with Gasteiger partial charge < -0.3 is 14.5 Å². The molecule has 4 heterocycles. The van der Waals surface area contributed by atoms with Gasteiger partial charge in [0.05, 0.1) is 11.8 Å². The van der Waals surface area contributed by atoms with Gasteiger partial charge in [0.1, 0.15) is 17.1 Å². The molecule has 0 N–H and O–H groups in total. The largest absolute Gasteiger partial charge is 0.494 e. The zero-order valence-electron chi connectivity index (χ0n) is 16.8. The van der Waals surface area contributed by atoms with Crippen LogP contribution in [0.3, 0.4) is 0 Å². The van der Waals surface area contributed by atoms with Crippen molar-refractivity contribution in [1.29, 1.82) is 0 Å². The quantitative estimate of drug-likeness (QED) is 0.513. The molecule has 5 rings (SSSR count). The third-order valence-corrected chi connectivity index (χ3v) is 6.71. The number of aryl methyl sites for hydroxylation is 2. The monoisotopic (exact) mass is 409 g/mol. The molecule has 3 aromatic heterocycles. The maximum Gasteiger partial charge on any atom is 0.203 e. The number of hydrogen-bond donors (Lipinski definition) is 0. The van der Waals surface area contributed by atoms with Crippen molar-refractivity contribution in [3.8, 4) is 5.75 Å². The van der Waals surface area contributed by atoms with Crippen LogP contribution >= 0.6 is 11.3 Å². The SMILES string of the molecule is CCc1nnc2c(N3CCN(c4nc5c(OC)ccc(C)c5s4)CC3)nccn12. The Bertz CT molecular complexity index is 1180. The molecule has 0 spiro atoms. The normalized spacial score (nSPS) is 14.9. The van der Waals surface area contributed by atoms with Gasteiger partial charge in [-0.3, -0.25) is 4.40 Å². The van der Waals surface area contributed by atoms with Crippen molar-refractivity contribution in [2.45, 2.75) is 20.3 Å². The van der Waals surface area contributed by atoms with Crippen molar-refractivity contribution in [2.75, 3.05) is 43.1 Å². The van der Waals surface area contributed by atoms with E-state index in [4.69, 9.17) is 9.72 Å². The fourth-order valence-corrected chi connectivity index (χ4v) is 4.94. The van der Waals surface area contributed by atoms with Crippen LogP contribution in [-0.2, 0) is 6.42 Å². The molecule has 1 aromatic carbocycles. The van der Waals surface area contributed by atoms with Gasteiger partial charge in [-0.15, -0.1) is 10.2 Å². The number of anilines is 2. The van der Waals surface area contributed by atoms with E-state index in [9.17, 15) is 0 Å². The molecular formula is C20H23N7OS. The molecule has 0 unspecified atom stereocenters. The number of methoxy groups -OCH3 is 1. The highest BCUT2D eigenvalue weighted by molar-refractivity contribution is 7.22. The second-order valence-electron chi connectivity index (χ2n) is 7.15. The van der Waals surface area contributed by atoms with Gasteiger partial charge in [-0.1, -0.05) is 24.3 Å². The molecule has 29 heavy (non-hydrogen) atoms. The standard InChI is InChI=1S/C20H23N7OS/c1-4-15-23-24-19-18(21-7-8-27(15)19)25-9-11-26(12-10-25)20-22-16-14(28-3)6-5-13(2)17(16)29-20/h5-8H,4,9-12H2,1-3H3. The first-order chi connectivity index (χ1) is 14.2. The molecular weight excluding hydrogens is 386 g/mol. The van der Waals surface area contributed by atoms with Crippen molar-refractivity contribution in [1.82, 2.24) is 24.6 Å². The highest BCUT2D eigenvalue weighted by atomic mass is 32.1. The smallest absolute Gasteiger partial charge is 0.203 e. The second kappa shape index (κ2) is 7.14. The van der Waals surface area contributed by atoms with E-state index in [0.29, 0.717) is 0 Å². The predicted octanol–water partition coefficient (Wildman–Crippen LogP) is 2.94. The molecule has 1 saturated heterocycles. The summed E-state index contributed by atoms with van der Waals surface area (Å²) in [4.78, 5) is 14.1.